The molecule has 0 spiro atoms. The molecular formula is C8H12N2O. The standard InChI is InChI=1S/C8H12N2O/c1-7-5-9-4-3-8(7)6-10(2)11/h3-5,11H,6H2,1-2H3. The first kappa shape index (κ1) is 8.17. The number of pyridine rings is 1. The first-order valence-electron chi connectivity index (χ1n) is 3.49. The predicted molar refractivity (Wildman–Crippen MR) is 42.2 cm³/mol. The minimum Gasteiger partial charge on any atom is -0.314 e. The summed E-state index contributed by atoms with van der Waals surface area (Å²) in [5.74, 6) is 0. The fourth-order valence-corrected chi connectivity index (χ4v) is 0.926. The molecule has 11 heavy (non-hydrogen) atoms. The molecule has 60 valence electrons. The molecule has 0 aliphatic heterocycles. The second kappa shape index (κ2) is 3.46. The van der Waals surface area contributed by atoms with E-state index in [0.717, 1.165) is 16.2 Å². The van der Waals surface area contributed by atoms with Crippen molar-refractivity contribution in [1.82, 2.24) is 10.0 Å². The van der Waals surface area contributed by atoms with Gasteiger partial charge in [0.05, 0.1) is 0 Å². The van der Waals surface area contributed by atoms with Crippen LogP contribution in [0.15, 0.2) is 18.5 Å². The number of hydrogen-bond acceptors (Lipinski definition) is 3. The molecule has 0 aromatic carbocycles. The summed E-state index contributed by atoms with van der Waals surface area (Å²) in [7, 11) is 1.62. The van der Waals surface area contributed by atoms with E-state index < -0.39 is 0 Å². The molecule has 0 bridgehead atoms. The molecule has 0 aliphatic carbocycles. The van der Waals surface area contributed by atoms with Crippen LogP contribution >= 0.6 is 0 Å². The zero-order valence-electron chi connectivity index (χ0n) is 6.78. The Bertz CT molecular complexity index is 235. The van der Waals surface area contributed by atoms with Crippen molar-refractivity contribution in [2.45, 2.75) is 13.5 Å². The maximum Gasteiger partial charge on any atom is 0.0489 e. The monoisotopic (exact) mass is 152 g/mol. The van der Waals surface area contributed by atoms with Gasteiger partial charge >= 0.3 is 0 Å². The van der Waals surface area contributed by atoms with Gasteiger partial charge in [0, 0.05) is 26.0 Å². The van der Waals surface area contributed by atoms with Crippen LogP contribution in [0.25, 0.3) is 0 Å². The lowest BCUT2D eigenvalue weighted by molar-refractivity contribution is -0.0733. The van der Waals surface area contributed by atoms with E-state index in [1.165, 1.54) is 0 Å². The Kier molecular flexibility index (Phi) is 2.57. The average molecular weight is 152 g/mol. The van der Waals surface area contributed by atoms with Gasteiger partial charge < -0.3 is 5.21 Å². The summed E-state index contributed by atoms with van der Waals surface area (Å²) in [5, 5.41) is 10.1. The molecule has 1 N–H and O–H groups in total. The molecule has 0 saturated heterocycles. The number of nitrogens with zero attached hydrogens (tertiary/aromatic N) is 2. The molecule has 1 aromatic heterocycles. The van der Waals surface area contributed by atoms with Gasteiger partial charge in [-0.1, -0.05) is 0 Å². The van der Waals surface area contributed by atoms with Crippen LogP contribution in [-0.4, -0.2) is 22.3 Å². The van der Waals surface area contributed by atoms with Crippen molar-refractivity contribution in [3.63, 3.8) is 0 Å². The summed E-state index contributed by atoms with van der Waals surface area (Å²) in [6, 6.07) is 1.90. The Morgan fingerprint density at radius 1 is 1.64 bits per heavy atom. The Balaban J connectivity index is 2.78. The summed E-state index contributed by atoms with van der Waals surface area (Å²) in [6.45, 7) is 2.53. The van der Waals surface area contributed by atoms with Gasteiger partial charge in [0.2, 0.25) is 0 Å². The van der Waals surface area contributed by atoms with Crippen LogP contribution in [0, 0.1) is 6.92 Å². The molecule has 3 nitrogen and oxygen atoms in total. The van der Waals surface area contributed by atoms with Crippen molar-refractivity contribution in [3.05, 3.63) is 29.6 Å². The topological polar surface area (TPSA) is 36.4 Å². The third-order valence-corrected chi connectivity index (χ3v) is 1.54. The van der Waals surface area contributed by atoms with Crippen LogP contribution in [0.2, 0.25) is 0 Å². The Labute approximate surface area is 66.3 Å². The summed E-state index contributed by atoms with van der Waals surface area (Å²) in [6.07, 6.45) is 3.52. The zero-order valence-corrected chi connectivity index (χ0v) is 6.78. The SMILES string of the molecule is Cc1cnccc1CN(C)O. The summed E-state index contributed by atoms with van der Waals surface area (Å²) >= 11 is 0. The Morgan fingerprint density at radius 3 is 2.91 bits per heavy atom. The second-order valence-electron chi connectivity index (χ2n) is 2.62. The highest BCUT2D eigenvalue weighted by atomic mass is 16.5. The van der Waals surface area contributed by atoms with E-state index >= 15 is 0 Å². The summed E-state index contributed by atoms with van der Waals surface area (Å²) in [4.78, 5) is 3.95. The largest absolute Gasteiger partial charge is 0.314 e. The lowest BCUT2D eigenvalue weighted by atomic mass is 10.1. The predicted octanol–water partition coefficient (Wildman–Crippen LogP) is 1.21. The Morgan fingerprint density at radius 2 is 2.36 bits per heavy atom. The van der Waals surface area contributed by atoms with Gasteiger partial charge in [-0.3, -0.25) is 4.98 Å². The smallest absolute Gasteiger partial charge is 0.0489 e. The van der Waals surface area contributed by atoms with Gasteiger partial charge in [-0.15, -0.1) is 0 Å². The highest BCUT2D eigenvalue weighted by molar-refractivity contribution is 5.20. The molecule has 0 amide bonds. The van der Waals surface area contributed by atoms with Crippen molar-refractivity contribution in [3.8, 4) is 0 Å². The molecular weight excluding hydrogens is 140 g/mol. The molecule has 1 aromatic rings. The minimum atomic E-state index is 0.550. The van der Waals surface area contributed by atoms with E-state index in [1.807, 2.05) is 13.0 Å². The van der Waals surface area contributed by atoms with Gasteiger partial charge in [0.25, 0.3) is 0 Å². The quantitative estimate of drug-likeness (QED) is 0.647. The van der Waals surface area contributed by atoms with Gasteiger partial charge in [-0.25, -0.2) is 0 Å². The third-order valence-electron chi connectivity index (χ3n) is 1.54. The van der Waals surface area contributed by atoms with Crippen LogP contribution in [-0.2, 0) is 6.54 Å². The lowest BCUT2D eigenvalue weighted by Gasteiger charge is -2.09. The number of hydrogen-bond donors (Lipinski definition) is 1. The normalized spacial score (nSPS) is 10.5. The van der Waals surface area contributed by atoms with Gasteiger partial charge in [-0.05, 0) is 24.1 Å². The van der Waals surface area contributed by atoms with Gasteiger partial charge in [0.15, 0.2) is 0 Å². The average Bonchev–Trinajstić information content (AvgIpc) is 1.93. The molecule has 1 rings (SSSR count). The van der Waals surface area contributed by atoms with E-state index in [9.17, 15) is 0 Å². The van der Waals surface area contributed by atoms with Crippen LogP contribution < -0.4 is 0 Å². The van der Waals surface area contributed by atoms with Crippen molar-refractivity contribution in [2.24, 2.45) is 0 Å². The lowest BCUT2D eigenvalue weighted by Crippen LogP contribution is -2.12. The summed E-state index contributed by atoms with van der Waals surface area (Å²) < 4.78 is 0. The first-order valence-corrected chi connectivity index (χ1v) is 3.49. The van der Waals surface area contributed by atoms with Crippen LogP contribution in [0.1, 0.15) is 11.1 Å². The molecule has 0 fully saturated rings. The first-order chi connectivity index (χ1) is 5.20. The zero-order chi connectivity index (χ0) is 8.27. The Hall–Kier alpha value is -0.930. The minimum absolute atomic E-state index is 0.550. The fourth-order valence-electron chi connectivity index (χ4n) is 0.926. The number of hydroxylamine groups is 2. The van der Waals surface area contributed by atoms with Crippen LogP contribution in [0.4, 0.5) is 0 Å². The van der Waals surface area contributed by atoms with E-state index in [-0.39, 0.29) is 0 Å². The number of aromatic nitrogens is 1. The molecule has 0 radical (unpaired) electrons. The van der Waals surface area contributed by atoms with E-state index in [1.54, 1.807) is 19.4 Å². The van der Waals surface area contributed by atoms with E-state index in [0.29, 0.717) is 6.54 Å². The highest BCUT2D eigenvalue weighted by Gasteiger charge is 1.98. The molecule has 0 saturated carbocycles. The number of rotatable bonds is 2. The fraction of sp³-hybridized carbons (Fsp3) is 0.375. The molecule has 0 atom stereocenters. The molecule has 0 aliphatic rings. The summed E-state index contributed by atoms with van der Waals surface area (Å²) in [5.41, 5.74) is 2.21. The molecule has 1 heterocycles. The van der Waals surface area contributed by atoms with E-state index in [2.05, 4.69) is 4.98 Å². The van der Waals surface area contributed by atoms with E-state index in [4.69, 9.17) is 5.21 Å². The van der Waals surface area contributed by atoms with Crippen molar-refractivity contribution < 1.29 is 5.21 Å². The maximum atomic E-state index is 8.94. The molecule has 0 unspecified atom stereocenters. The van der Waals surface area contributed by atoms with Crippen molar-refractivity contribution in [2.75, 3.05) is 7.05 Å². The van der Waals surface area contributed by atoms with Crippen molar-refractivity contribution >= 4 is 0 Å². The third kappa shape index (κ3) is 2.29. The number of aryl methyl sites for hydroxylation is 1. The van der Waals surface area contributed by atoms with Crippen LogP contribution in [0.5, 0.6) is 0 Å². The maximum absolute atomic E-state index is 8.94. The second-order valence-corrected chi connectivity index (χ2v) is 2.62. The van der Waals surface area contributed by atoms with Crippen molar-refractivity contribution in [1.29, 1.82) is 0 Å². The van der Waals surface area contributed by atoms with Gasteiger partial charge in [0.1, 0.15) is 0 Å². The van der Waals surface area contributed by atoms with Crippen LogP contribution in [0.3, 0.4) is 0 Å². The van der Waals surface area contributed by atoms with Gasteiger partial charge in [-0.2, -0.15) is 5.06 Å². The highest BCUT2D eigenvalue weighted by Crippen LogP contribution is 2.05. The molecule has 3 heteroatoms.